The Morgan fingerprint density at radius 1 is 1.03 bits per heavy atom. The molecule has 1 aromatic carbocycles. The quantitative estimate of drug-likeness (QED) is 0.215. The van der Waals surface area contributed by atoms with Crippen LogP contribution in [-0.2, 0) is 30.3 Å². The summed E-state index contributed by atoms with van der Waals surface area (Å²) < 4.78 is 21.0. The summed E-state index contributed by atoms with van der Waals surface area (Å²) in [6.07, 6.45) is 8.39. The van der Waals surface area contributed by atoms with Gasteiger partial charge in [-0.05, 0) is 62.3 Å². The van der Waals surface area contributed by atoms with Crippen molar-refractivity contribution in [3.8, 4) is 11.5 Å². The van der Waals surface area contributed by atoms with E-state index in [9.17, 15) is 14.4 Å². The first-order valence-corrected chi connectivity index (χ1v) is 11.7. The van der Waals surface area contributed by atoms with Crippen LogP contribution >= 0.6 is 11.6 Å². The molecule has 0 amide bonds. The third-order valence-electron chi connectivity index (χ3n) is 5.73. The Hall–Kier alpha value is -2.80. The van der Waals surface area contributed by atoms with E-state index in [2.05, 4.69) is 4.74 Å². The number of esters is 2. The lowest BCUT2D eigenvalue weighted by molar-refractivity contribution is -0.150. The fourth-order valence-electron chi connectivity index (χ4n) is 4.06. The minimum atomic E-state index is -1.18. The van der Waals surface area contributed by atoms with Gasteiger partial charge in [-0.1, -0.05) is 30.2 Å². The zero-order chi connectivity index (χ0) is 25.1. The molecule has 186 valence electrons. The van der Waals surface area contributed by atoms with Gasteiger partial charge in [-0.3, -0.25) is 14.4 Å². The number of halogens is 1. The van der Waals surface area contributed by atoms with Crippen molar-refractivity contribution >= 4 is 29.3 Å². The topological polar surface area (TPSA) is 88.1 Å². The van der Waals surface area contributed by atoms with Crippen LogP contribution in [0.3, 0.4) is 0 Å². The van der Waals surface area contributed by atoms with Gasteiger partial charge in [0.1, 0.15) is 0 Å². The Balaban J connectivity index is 2.10. The van der Waals surface area contributed by atoms with Crippen molar-refractivity contribution in [2.75, 3.05) is 21.3 Å². The van der Waals surface area contributed by atoms with E-state index in [0.717, 1.165) is 18.4 Å². The lowest BCUT2D eigenvalue weighted by atomic mass is 9.88. The zero-order valence-corrected chi connectivity index (χ0v) is 21.0. The van der Waals surface area contributed by atoms with E-state index in [0.29, 0.717) is 55.6 Å². The van der Waals surface area contributed by atoms with Crippen molar-refractivity contribution in [1.29, 1.82) is 0 Å². The van der Waals surface area contributed by atoms with Gasteiger partial charge >= 0.3 is 11.9 Å². The SMILES string of the molecule is COC(=O)CCCCC/C=C1/C(=O)C(Cl)=CC1(CCCc1ccc(OC)c(OC)c1)OC(C)=O. The number of ketones is 1. The van der Waals surface area contributed by atoms with E-state index in [1.54, 1.807) is 20.3 Å². The molecule has 0 heterocycles. The maximum absolute atomic E-state index is 12.8. The van der Waals surface area contributed by atoms with Crippen LogP contribution in [0, 0.1) is 0 Å². The molecule has 1 aromatic rings. The third-order valence-corrected chi connectivity index (χ3v) is 6.01. The predicted octanol–water partition coefficient (Wildman–Crippen LogP) is 5.08. The minimum Gasteiger partial charge on any atom is -0.493 e. The summed E-state index contributed by atoms with van der Waals surface area (Å²) in [6, 6.07) is 5.70. The average molecular weight is 493 g/mol. The number of rotatable bonds is 13. The zero-order valence-electron chi connectivity index (χ0n) is 20.3. The van der Waals surface area contributed by atoms with Crippen LogP contribution in [0.15, 0.2) is 41.0 Å². The highest BCUT2D eigenvalue weighted by Crippen LogP contribution is 2.40. The van der Waals surface area contributed by atoms with E-state index < -0.39 is 11.6 Å². The minimum absolute atomic E-state index is 0.0595. The Kier molecular flexibility index (Phi) is 10.6. The van der Waals surface area contributed by atoms with Gasteiger partial charge in [0.25, 0.3) is 0 Å². The molecule has 0 N–H and O–H groups in total. The number of carbonyl (C=O) groups excluding carboxylic acids is 3. The maximum atomic E-state index is 12.8. The van der Waals surface area contributed by atoms with Gasteiger partial charge in [-0.15, -0.1) is 0 Å². The first-order valence-electron chi connectivity index (χ1n) is 11.4. The summed E-state index contributed by atoms with van der Waals surface area (Å²) in [4.78, 5) is 36.0. The first kappa shape index (κ1) is 27.4. The molecule has 0 radical (unpaired) electrons. The molecule has 7 nitrogen and oxygen atoms in total. The number of carbonyl (C=O) groups is 3. The number of unbranched alkanes of at least 4 members (excludes halogenated alkanes) is 3. The largest absolute Gasteiger partial charge is 0.493 e. The highest BCUT2D eigenvalue weighted by Gasteiger charge is 2.45. The molecule has 0 aromatic heterocycles. The van der Waals surface area contributed by atoms with Gasteiger partial charge < -0.3 is 18.9 Å². The summed E-state index contributed by atoms with van der Waals surface area (Å²) in [7, 11) is 4.54. The van der Waals surface area contributed by atoms with Crippen LogP contribution in [0.4, 0.5) is 0 Å². The summed E-state index contributed by atoms with van der Waals surface area (Å²) >= 11 is 6.20. The average Bonchev–Trinajstić information content (AvgIpc) is 3.04. The molecule has 0 bridgehead atoms. The summed E-state index contributed by atoms with van der Waals surface area (Å²) in [5.41, 5.74) is 0.252. The van der Waals surface area contributed by atoms with Crippen LogP contribution in [-0.4, -0.2) is 44.7 Å². The molecule has 0 saturated heterocycles. The fourth-order valence-corrected chi connectivity index (χ4v) is 4.34. The first-order chi connectivity index (χ1) is 16.3. The number of hydrogen-bond donors (Lipinski definition) is 0. The lowest BCUT2D eigenvalue weighted by Crippen LogP contribution is -2.34. The summed E-state index contributed by atoms with van der Waals surface area (Å²) in [5, 5.41) is 0.0595. The number of ether oxygens (including phenoxy) is 4. The number of allylic oxidation sites excluding steroid dienone is 2. The summed E-state index contributed by atoms with van der Waals surface area (Å²) in [6.45, 7) is 1.32. The van der Waals surface area contributed by atoms with Gasteiger partial charge in [0, 0.05) is 18.9 Å². The molecule has 0 aliphatic heterocycles. The summed E-state index contributed by atoms with van der Waals surface area (Å²) in [5.74, 6) is 0.259. The molecule has 1 aliphatic carbocycles. The molecule has 1 unspecified atom stereocenters. The molecule has 1 atom stereocenters. The number of methoxy groups -OCH3 is 3. The highest BCUT2D eigenvalue weighted by atomic mass is 35.5. The molecule has 2 rings (SSSR count). The van der Waals surface area contributed by atoms with E-state index in [-0.39, 0.29) is 16.8 Å². The Morgan fingerprint density at radius 3 is 2.41 bits per heavy atom. The molecule has 0 fully saturated rings. The van der Waals surface area contributed by atoms with E-state index >= 15 is 0 Å². The predicted molar refractivity (Wildman–Crippen MR) is 129 cm³/mol. The van der Waals surface area contributed by atoms with Crippen LogP contribution in [0.25, 0.3) is 0 Å². The highest BCUT2D eigenvalue weighted by molar-refractivity contribution is 6.46. The van der Waals surface area contributed by atoms with Gasteiger partial charge in [0.2, 0.25) is 5.78 Å². The molecular weight excluding hydrogens is 460 g/mol. The van der Waals surface area contributed by atoms with Crippen LogP contribution in [0.5, 0.6) is 11.5 Å². The van der Waals surface area contributed by atoms with Crippen LogP contribution < -0.4 is 9.47 Å². The number of benzene rings is 1. The third kappa shape index (κ3) is 7.35. The van der Waals surface area contributed by atoms with Crippen molar-refractivity contribution in [3.63, 3.8) is 0 Å². The monoisotopic (exact) mass is 492 g/mol. The lowest BCUT2D eigenvalue weighted by Gasteiger charge is -2.28. The van der Waals surface area contributed by atoms with Crippen molar-refractivity contribution in [1.82, 2.24) is 0 Å². The molecule has 8 heteroatoms. The van der Waals surface area contributed by atoms with E-state index in [4.69, 9.17) is 25.8 Å². The molecule has 34 heavy (non-hydrogen) atoms. The smallest absolute Gasteiger partial charge is 0.305 e. The van der Waals surface area contributed by atoms with Crippen molar-refractivity contribution in [2.24, 2.45) is 0 Å². The van der Waals surface area contributed by atoms with Gasteiger partial charge in [-0.2, -0.15) is 0 Å². The fraction of sp³-hybridized carbons (Fsp3) is 0.500. The molecular formula is C26H33ClO7. The Bertz CT molecular complexity index is 950. The second kappa shape index (κ2) is 13.2. The van der Waals surface area contributed by atoms with E-state index in [1.807, 2.05) is 24.3 Å². The number of hydrogen-bond acceptors (Lipinski definition) is 7. The Morgan fingerprint density at radius 2 is 1.76 bits per heavy atom. The number of aryl methyl sites for hydroxylation is 1. The Labute approximate surface area is 206 Å². The van der Waals surface area contributed by atoms with Crippen LogP contribution in [0.2, 0.25) is 0 Å². The molecule has 0 spiro atoms. The van der Waals surface area contributed by atoms with Gasteiger partial charge in [0.05, 0.1) is 26.4 Å². The van der Waals surface area contributed by atoms with Crippen LogP contribution in [0.1, 0.15) is 57.4 Å². The van der Waals surface area contributed by atoms with Gasteiger partial charge in [-0.25, -0.2) is 0 Å². The molecule has 0 saturated carbocycles. The second-order valence-electron chi connectivity index (χ2n) is 8.14. The maximum Gasteiger partial charge on any atom is 0.305 e. The van der Waals surface area contributed by atoms with E-state index in [1.165, 1.54) is 14.0 Å². The van der Waals surface area contributed by atoms with Crippen molar-refractivity contribution in [3.05, 3.63) is 46.5 Å². The van der Waals surface area contributed by atoms with Crippen molar-refractivity contribution in [2.45, 2.75) is 63.9 Å². The van der Waals surface area contributed by atoms with Gasteiger partial charge in [0.15, 0.2) is 17.1 Å². The van der Waals surface area contributed by atoms with Crippen molar-refractivity contribution < 1.29 is 33.3 Å². The standard InChI is InChI=1S/C26H33ClO7/c1-18(28)34-26(15-9-10-19-13-14-22(31-2)23(16-19)32-3)17-21(27)25(30)20(26)11-7-5-6-8-12-24(29)33-4/h11,13-14,16-17H,5-10,12,15H2,1-4H3/b20-11-. The second-order valence-corrected chi connectivity index (χ2v) is 8.55. The normalized spacial score (nSPS) is 18.6. The molecule has 1 aliphatic rings. The number of Topliss-reactive ketones (excluding diaryl/α,β-unsaturated/α-hetero) is 1.